The monoisotopic (exact) mass is 359 g/mol. The number of rotatable bonds is 9. The molecule has 0 spiro atoms. The standard InChI is InChI=1S/C17H20F3NO4/c1-3-8-25-10-14(16(23)24)21-15(22)9-11(2)12-4-6-13(7-5-12)17(18,19)20/h3-7,11,14H,1,8-10H2,2H3,(H,21,22)(H,23,24). The molecule has 1 aromatic carbocycles. The molecule has 2 atom stereocenters. The van der Waals surface area contributed by atoms with Crippen molar-refractivity contribution in [1.82, 2.24) is 5.32 Å². The number of carboxylic acid groups (broad SMARTS) is 1. The maximum atomic E-state index is 12.5. The Morgan fingerprint density at radius 2 is 1.92 bits per heavy atom. The van der Waals surface area contributed by atoms with E-state index in [0.717, 1.165) is 12.1 Å². The highest BCUT2D eigenvalue weighted by atomic mass is 19.4. The first-order chi connectivity index (χ1) is 11.6. The molecule has 0 saturated heterocycles. The van der Waals surface area contributed by atoms with Crippen molar-refractivity contribution in [3.63, 3.8) is 0 Å². The lowest BCUT2D eigenvalue weighted by Gasteiger charge is -2.17. The topological polar surface area (TPSA) is 75.6 Å². The van der Waals surface area contributed by atoms with Crippen LogP contribution in [-0.2, 0) is 20.5 Å². The fourth-order valence-corrected chi connectivity index (χ4v) is 2.09. The molecule has 25 heavy (non-hydrogen) atoms. The molecule has 0 saturated carbocycles. The Kier molecular flexibility index (Phi) is 7.63. The molecular formula is C17H20F3NO4. The van der Waals surface area contributed by atoms with Gasteiger partial charge in [-0.3, -0.25) is 4.79 Å². The molecule has 0 bridgehead atoms. The van der Waals surface area contributed by atoms with Gasteiger partial charge in [-0.25, -0.2) is 4.79 Å². The SMILES string of the molecule is C=CCOCC(NC(=O)CC(C)c1ccc(C(F)(F)F)cc1)C(=O)O. The van der Waals surface area contributed by atoms with Crippen LogP contribution in [0.2, 0.25) is 0 Å². The zero-order valence-corrected chi connectivity index (χ0v) is 13.7. The number of benzene rings is 1. The van der Waals surface area contributed by atoms with E-state index < -0.39 is 29.7 Å². The van der Waals surface area contributed by atoms with E-state index in [1.165, 1.54) is 18.2 Å². The maximum Gasteiger partial charge on any atom is 0.416 e. The molecule has 1 rings (SSSR count). The summed E-state index contributed by atoms with van der Waals surface area (Å²) in [7, 11) is 0. The molecule has 0 heterocycles. The lowest BCUT2D eigenvalue weighted by Crippen LogP contribution is -2.44. The molecule has 5 nitrogen and oxygen atoms in total. The first-order valence-electron chi connectivity index (χ1n) is 7.53. The van der Waals surface area contributed by atoms with Gasteiger partial charge in [0.2, 0.25) is 5.91 Å². The first kappa shape index (κ1) is 20.7. The molecule has 0 fully saturated rings. The van der Waals surface area contributed by atoms with Crippen LogP contribution in [0.3, 0.4) is 0 Å². The van der Waals surface area contributed by atoms with Crippen molar-refractivity contribution < 1.29 is 32.6 Å². The van der Waals surface area contributed by atoms with Gasteiger partial charge in [0.15, 0.2) is 6.04 Å². The highest BCUT2D eigenvalue weighted by molar-refractivity contribution is 5.84. The minimum absolute atomic E-state index is 0.0589. The molecular weight excluding hydrogens is 339 g/mol. The van der Waals surface area contributed by atoms with E-state index in [2.05, 4.69) is 11.9 Å². The van der Waals surface area contributed by atoms with Crippen molar-refractivity contribution in [1.29, 1.82) is 0 Å². The van der Waals surface area contributed by atoms with Gasteiger partial charge >= 0.3 is 12.1 Å². The van der Waals surface area contributed by atoms with E-state index in [0.29, 0.717) is 5.56 Å². The fraction of sp³-hybridized carbons (Fsp3) is 0.412. The van der Waals surface area contributed by atoms with Crippen molar-refractivity contribution in [2.45, 2.75) is 31.5 Å². The summed E-state index contributed by atoms with van der Waals surface area (Å²) in [5, 5.41) is 11.4. The van der Waals surface area contributed by atoms with E-state index in [-0.39, 0.29) is 25.6 Å². The molecule has 138 valence electrons. The summed E-state index contributed by atoms with van der Waals surface area (Å²) < 4.78 is 42.6. The van der Waals surface area contributed by atoms with Crippen molar-refractivity contribution in [2.24, 2.45) is 0 Å². The molecule has 0 aromatic heterocycles. The lowest BCUT2D eigenvalue weighted by molar-refractivity contribution is -0.143. The third-order valence-corrected chi connectivity index (χ3v) is 3.45. The van der Waals surface area contributed by atoms with E-state index in [1.54, 1.807) is 6.92 Å². The predicted octanol–water partition coefficient (Wildman–Crippen LogP) is 2.97. The predicted molar refractivity (Wildman–Crippen MR) is 85.1 cm³/mol. The van der Waals surface area contributed by atoms with Gasteiger partial charge < -0.3 is 15.2 Å². The van der Waals surface area contributed by atoms with Crippen LogP contribution in [0.5, 0.6) is 0 Å². The summed E-state index contributed by atoms with van der Waals surface area (Å²) in [6.07, 6.45) is -3.02. The highest BCUT2D eigenvalue weighted by Gasteiger charge is 2.30. The minimum atomic E-state index is -4.42. The van der Waals surface area contributed by atoms with Crippen molar-refractivity contribution in [2.75, 3.05) is 13.2 Å². The smallest absolute Gasteiger partial charge is 0.416 e. The number of amides is 1. The molecule has 1 amide bonds. The summed E-state index contributed by atoms with van der Waals surface area (Å²) in [6, 6.07) is 3.32. The Balaban J connectivity index is 2.62. The second-order valence-electron chi connectivity index (χ2n) is 5.51. The van der Waals surface area contributed by atoms with Crippen LogP contribution in [0.4, 0.5) is 13.2 Å². The summed E-state index contributed by atoms with van der Waals surface area (Å²) in [6.45, 7) is 5.05. The van der Waals surface area contributed by atoms with E-state index in [9.17, 15) is 22.8 Å². The molecule has 2 unspecified atom stereocenters. The number of ether oxygens (including phenoxy) is 1. The number of alkyl halides is 3. The summed E-state index contributed by atoms with van der Waals surface area (Å²) >= 11 is 0. The molecule has 1 aromatic rings. The van der Waals surface area contributed by atoms with Crippen molar-refractivity contribution >= 4 is 11.9 Å². The van der Waals surface area contributed by atoms with Gasteiger partial charge in [0.1, 0.15) is 0 Å². The van der Waals surface area contributed by atoms with Crippen LogP contribution in [0.25, 0.3) is 0 Å². The van der Waals surface area contributed by atoms with E-state index in [4.69, 9.17) is 9.84 Å². The Morgan fingerprint density at radius 1 is 1.32 bits per heavy atom. The largest absolute Gasteiger partial charge is 0.480 e. The number of carboxylic acids is 1. The number of hydrogen-bond acceptors (Lipinski definition) is 3. The van der Waals surface area contributed by atoms with Gasteiger partial charge in [-0.05, 0) is 23.6 Å². The molecule has 0 aliphatic carbocycles. The van der Waals surface area contributed by atoms with Crippen LogP contribution < -0.4 is 5.32 Å². The summed E-state index contributed by atoms with van der Waals surface area (Å²) in [4.78, 5) is 23.1. The van der Waals surface area contributed by atoms with Gasteiger partial charge in [-0.1, -0.05) is 25.1 Å². The molecule has 2 N–H and O–H groups in total. The third kappa shape index (κ3) is 6.96. The molecule has 0 aliphatic heterocycles. The number of nitrogens with one attached hydrogen (secondary N) is 1. The maximum absolute atomic E-state index is 12.5. The van der Waals surface area contributed by atoms with Crippen molar-refractivity contribution in [3.8, 4) is 0 Å². The van der Waals surface area contributed by atoms with Gasteiger partial charge in [0.05, 0.1) is 18.8 Å². The Hall–Kier alpha value is -2.35. The summed E-state index contributed by atoms with van der Waals surface area (Å²) in [5.74, 6) is -2.13. The number of halogens is 3. The average molecular weight is 359 g/mol. The highest BCUT2D eigenvalue weighted by Crippen LogP contribution is 2.30. The lowest BCUT2D eigenvalue weighted by atomic mass is 9.96. The fourth-order valence-electron chi connectivity index (χ4n) is 2.09. The Morgan fingerprint density at radius 3 is 2.40 bits per heavy atom. The van der Waals surface area contributed by atoms with E-state index >= 15 is 0 Å². The zero-order valence-electron chi connectivity index (χ0n) is 13.7. The third-order valence-electron chi connectivity index (χ3n) is 3.45. The van der Waals surface area contributed by atoms with Crippen LogP contribution in [0.15, 0.2) is 36.9 Å². The quantitative estimate of drug-likeness (QED) is 0.525. The number of carbonyl (C=O) groups excluding carboxylic acids is 1. The van der Waals surface area contributed by atoms with Gasteiger partial charge in [0.25, 0.3) is 0 Å². The number of carbonyl (C=O) groups is 2. The van der Waals surface area contributed by atoms with Crippen molar-refractivity contribution in [3.05, 3.63) is 48.0 Å². The summed E-state index contributed by atoms with van der Waals surface area (Å²) in [5.41, 5.74) is -0.212. The Labute approximate surface area is 143 Å². The second-order valence-corrected chi connectivity index (χ2v) is 5.51. The normalized spacial score (nSPS) is 13.8. The molecule has 8 heteroatoms. The number of aliphatic carboxylic acids is 1. The zero-order chi connectivity index (χ0) is 19.0. The second kappa shape index (κ2) is 9.22. The van der Waals surface area contributed by atoms with Gasteiger partial charge in [0, 0.05) is 6.42 Å². The molecule has 0 aliphatic rings. The van der Waals surface area contributed by atoms with Gasteiger partial charge in [-0.15, -0.1) is 6.58 Å². The van der Waals surface area contributed by atoms with Crippen LogP contribution in [0.1, 0.15) is 30.4 Å². The van der Waals surface area contributed by atoms with Crippen LogP contribution in [-0.4, -0.2) is 36.2 Å². The van der Waals surface area contributed by atoms with Gasteiger partial charge in [-0.2, -0.15) is 13.2 Å². The van der Waals surface area contributed by atoms with E-state index in [1.807, 2.05) is 0 Å². The van der Waals surface area contributed by atoms with Crippen LogP contribution >= 0.6 is 0 Å². The molecule has 0 radical (unpaired) electrons. The first-order valence-corrected chi connectivity index (χ1v) is 7.53. The minimum Gasteiger partial charge on any atom is -0.480 e. The average Bonchev–Trinajstić information content (AvgIpc) is 2.53. The number of hydrogen-bond donors (Lipinski definition) is 2. The van der Waals surface area contributed by atoms with Crippen LogP contribution in [0, 0.1) is 0 Å². The Bertz CT molecular complexity index is 599.